The van der Waals surface area contributed by atoms with Crippen LogP contribution in [0.5, 0.6) is 0 Å². The van der Waals surface area contributed by atoms with Crippen LogP contribution < -0.4 is 0 Å². The van der Waals surface area contributed by atoms with Crippen molar-refractivity contribution < 1.29 is 0 Å². The van der Waals surface area contributed by atoms with Gasteiger partial charge in [-0.3, -0.25) is 0 Å². The molecule has 0 unspecified atom stereocenters. The largest absolute Gasteiger partial charge is 0.247 e. The van der Waals surface area contributed by atoms with Gasteiger partial charge in [0.25, 0.3) is 0 Å². The fraction of sp³-hybridized carbons (Fsp3) is 0.389. The lowest BCUT2D eigenvalue weighted by Crippen LogP contribution is -2.02. The fourth-order valence-electron chi connectivity index (χ4n) is 4.15. The van der Waals surface area contributed by atoms with E-state index in [2.05, 4.69) is 73.2 Å². The van der Waals surface area contributed by atoms with Crippen molar-refractivity contribution in [3.63, 3.8) is 0 Å². The molecule has 0 fully saturated rings. The quantitative estimate of drug-likeness (QED) is 0.229. The van der Waals surface area contributed by atoms with Crippen LogP contribution in [0.25, 0.3) is 0 Å². The number of terminal acetylenes is 2. The van der Waals surface area contributed by atoms with Crippen molar-refractivity contribution in [2.45, 2.75) is 91.9 Å². The Morgan fingerprint density at radius 2 is 1.03 bits per heavy atom. The van der Waals surface area contributed by atoms with Gasteiger partial charge in [0.2, 0.25) is 0 Å². The Hall–Kier alpha value is -3.98. The third-order valence-corrected chi connectivity index (χ3v) is 6.19. The lowest BCUT2D eigenvalue weighted by atomic mass is 9.85. The molecule has 0 aromatic carbocycles. The van der Waals surface area contributed by atoms with E-state index in [1.165, 1.54) is 22.3 Å². The van der Waals surface area contributed by atoms with Crippen LogP contribution in [0, 0.1) is 48.4 Å². The summed E-state index contributed by atoms with van der Waals surface area (Å²) in [7, 11) is 0. The number of nitrogens with zero attached hydrogens (tertiary/aromatic N) is 2. The maximum Gasteiger partial charge on any atom is 0.112 e. The third kappa shape index (κ3) is 9.82. The maximum atomic E-state index is 5.47. The monoisotopic (exact) mass is 500 g/mol. The highest BCUT2D eigenvalue weighted by Gasteiger charge is 2.15. The van der Waals surface area contributed by atoms with Crippen molar-refractivity contribution in [1.82, 2.24) is 9.97 Å². The molecule has 2 heterocycles. The van der Waals surface area contributed by atoms with Gasteiger partial charge in [-0.2, -0.15) is 0 Å². The zero-order valence-corrected chi connectivity index (χ0v) is 23.6. The van der Waals surface area contributed by atoms with E-state index in [0.29, 0.717) is 11.4 Å². The summed E-state index contributed by atoms with van der Waals surface area (Å²) in [5.41, 5.74) is 8.24. The van der Waals surface area contributed by atoms with Gasteiger partial charge < -0.3 is 0 Å². The molecule has 0 amide bonds. The van der Waals surface area contributed by atoms with Gasteiger partial charge in [0.15, 0.2) is 0 Å². The van der Waals surface area contributed by atoms with Crippen molar-refractivity contribution in [3.05, 3.63) is 81.5 Å². The third-order valence-electron chi connectivity index (χ3n) is 6.19. The highest BCUT2D eigenvalue weighted by atomic mass is 14.7. The smallest absolute Gasteiger partial charge is 0.112 e. The molecule has 0 aliphatic carbocycles. The maximum absolute atomic E-state index is 5.47. The highest BCUT2D eigenvalue weighted by molar-refractivity contribution is 5.53. The summed E-state index contributed by atoms with van der Waals surface area (Å²) in [5, 5.41) is 0. The minimum atomic E-state index is 0.625. The van der Waals surface area contributed by atoms with Gasteiger partial charge in [-0.1, -0.05) is 88.9 Å². The molecule has 0 saturated heterocycles. The van der Waals surface area contributed by atoms with E-state index < -0.39 is 0 Å². The molecule has 2 aromatic heterocycles. The predicted octanol–water partition coefficient (Wildman–Crippen LogP) is 8.42. The molecule has 0 atom stereocenters. The minimum absolute atomic E-state index is 0.625. The first-order valence-electron chi connectivity index (χ1n) is 13.9. The van der Waals surface area contributed by atoms with Gasteiger partial charge in [-0.05, 0) is 73.9 Å². The highest BCUT2D eigenvalue weighted by Crippen LogP contribution is 2.31. The second kappa shape index (κ2) is 17.5. The molecule has 2 nitrogen and oxygen atoms in total. The van der Waals surface area contributed by atoms with E-state index in [4.69, 9.17) is 12.8 Å². The Kier molecular flexibility index (Phi) is 13.9. The van der Waals surface area contributed by atoms with Crippen LogP contribution >= 0.6 is 0 Å². The molecule has 0 radical (unpaired) electrons. The molecule has 2 heteroatoms. The second-order valence-corrected chi connectivity index (χ2v) is 9.27. The number of aromatic nitrogens is 2. The molecule has 2 aromatic rings. The van der Waals surface area contributed by atoms with E-state index in [0.717, 1.165) is 75.3 Å². The van der Waals surface area contributed by atoms with Gasteiger partial charge in [0.05, 0.1) is 0 Å². The molecule has 2 rings (SSSR count). The van der Waals surface area contributed by atoms with Gasteiger partial charge in [0.1, 0.15) is 11.4 Å². The van der Waals surface area contributed by atoms with Crippen LogP contribution in [0.1, 0.15) is 114 Å². The van der Waals surface area contributed by atoms with Crippen LogP contribution in [-0.2, 0) is 0 Å². The van der Waals surface area contributed by atoms with Crippen molar-refractivity contribution in [3.8, 4) is 48.4 Å². The Bertz CT molecular complexity index is 1190. The molecule has 0 spiro atoms. The van der Waals surface area contributed by atoms with E-state index >= 15 is 0 Å². The SMILES string of the molecule is C#Cc1ccc(C#CC(CCC)=C(CCCC)C(CCCC)=C(C#Cc2ccc(C#C)nc2)CCC)cn1. The number of rotatable bonds is 11. The first-order valence-corrected chi connectivity index (χ1v) is 13.9. The van der Waals surface area contributed by atoms with Crippen LogP contribution in [0.4, 0.5) is 0 Å². The Morgan fingerprint density at radius 1 is 0.605 bits per heavy atom. The summed E-state index contributed by atoms with van der Waals surface area (Å²) in [6.45, 7) is 8.93. The summed E-state index contributed by atoms with van der Waals surface area (Å²) >= 11 is 0. The molecule has 0 aliphatic rings. The van der Waals surface area contributed by atoms with E-state index in [1.54, 1.807) is 12.4 Å². The lowest BCUT2D eigenvalue weighted by molar-refractivity contribution is 0.734. The molecule has 0 N–H and O–H groups in total. The second-order valence-electron chi connectivity index (χ2n) is 9.27. The normalized spacial score (nSPS) is 11.5. The standard InChI is InChI=1S/C36H40N2/c1-7-13-17-35(31(15-9-3)23-19-29-21-25-33(11-5)37-27-29)36(18-14-8-2)32(16-10-4)24-20-30-22-26-34(12-6)38-28-30/h5-6,21-22,25-28H,7-10,13-18H2,1-4H3. The number of allylic oxidation sites excluding steroid dienone is 4. The van der Waals surface area contributed by atoms with Crippen LogP contribution in [0.3, 0.4) is 0 Å². The van der Waals surface area contributed by atoms with E-state index in [-0.39, 0.29) is 0 Å². The average molecular weight is 501 g/mol. The van der Waals surface area contributed by atoms with Crippen molar-refractivity contribution in [1.29, 1.82) is 0 Å². The molecule has 0 aliphatic heterocycles. The number of unbranched alkanes of at least 4 members (excludes halogenated alkanes) is 2. The fourth-order valence-corrected chi connectivity index (χ4v) is 4.15. The summed E-state index contributed by atoms with van der Waals surface area (Å²) < 4.78 is 0. The van der Waals surface area contributed by atoms with Crippen molar-refractivity contribution in [2.75, 3.05) is 0 Å². The lowest BCUT2D eigenvalue weighted by Gasteiger charge is -2.18. The molecule has 0 saturated carbocycles. The molecular weight excluding hydrogens is 460 g/mol. The Balaban J connectivity index is 2.71. The zero-order chi connectivity index (χ0) is 27.6. The van der Waals surface area contributed by atoms with E-state index in [9.17, 15) is 0 Å². The van der Waals surface area contributed by atoms with Crippen molar-refractivity contribution >= 4 is 0 Å². The molecule has 194 valence electrons. The molecular formula is C36H40N2. The van der Waals surface area contributed by atoms with Crippen LogP contribution in [-0.4, -0.2) is 9.97 Å². The van der Waals surface area contributed by atoms with Crippen LogP contribution in [0.2, 0.25) is 0 Å². The predicted molar refractivity (Wildman–Crippen MR) is 161 cm³/mol. The first-order chi connectivity index (χ1) is 18.6. The first kappa shape index (κ1) is 30.2. The summed E-state index contributed by atoms with van der Waals surface area (Å²) in [4.78, 5) is 8.62. The van der Waals surface area contributed by atoms with Crippen molar-refractivity contribution in [2.24, 2.45) is 0 Å². The summed E-state index contributed by atoms with van der Waals surface area (Å²) in [6.07, 6.45) is 25.0. The zero-order valence-electron chi connectivity index (χ0n) is 23.6. The number of pyridine rings is 2. The van der Waals surface area contributed by atoms with Crippen LogP contribution in [0.15, 0.2) is 59.0 Å². The number of hydrogen-bond donors (Lipinski definition) is 0. The topological polar surface area (TPSA) is 25.8 Å². The Labute approximate surface area is 231 Å². The number of hydrogen-bond acceptors (Lipinski definition) is 2. The van der Waals surface area contributed by atoms with E-state index in [1.807, 2.05) is 24.3 Å². The van der Waals surface area contributed by atoms with Gasteiger partial charge in [-0.15, -0.1) is 12.8 Å². The summed E-state index contributed by atoms with van der Waals surface area (Å²) in [5.74, 6) is 19.0. The van der Waals surface area contributed by atoms with Gasteiger partial charge in [-0.25, -0.2) is 9.97 Å². The minimum Gasteiger partial charge on any atom is -0.247 e. The van der Waals surface area contributed by atoms with Gasteiger partial charge >= 0.3 is 0 Å². The Morgan fingerprint density at radius 3 is 1.32 bits per heavy atom. The molecule has 38 heavy (non-hydrogen) atoms. The summed E-state index contributed by atoms with van der Waals surface area (Å²) in [6, 6.07) is 7.59. The average Bonchev–Trinajstić information content (AvgIpc) is 2.96. The van der Waals surface area contributed by atoms with Gasteiger partial charge in [0, 0.05) is 34.7 Å². The molecule has 0 bridgehead atoms.